The van der Waals surface area contributed by atoms with Crippen LogP contribution in [0.1, 0.15) is 207 Å². The number of carbonyl (C=O) groups excluding carboxylic acids is 17. The van der Waals surface area contributed by atoms with Gasteiger partial charge < -0.3 is 108 Å². The molecule has 0 saturated carbocycles. The number of esters is 2. The van der Waals surface area contributed by atoms with Gasteiger partial charge in [-0.3, -0.25) is 81.5 Å². The fraction of sp³-hybridized carbons (Fsp3) is 0.477. The zero-order chi connectivity index (χ0) is 109. The minimum absolute atomic E-state index is 0.0180. The molecule has 0 unspecified atom stereocenters. The molecule has 3 aromatic heterocycles. The minimum atomic E-state index is -1.82. The average Bonchev–Trinajstić information content (AvgIpc) is 1.39. The number of aliphatic hydroxyl groups is 1. The zero-order valence-corrected chi connectivity index (χ0v) is 87.8. The fourth-order valence-electron chi connectivity index (χ4n) is 19.1. The number of H-pyrrole nitrogens is 2. The second kappa shape index (κ2) is 52.6. The molecule has 0 radical (unpaired) electrons. The predicted octanol–water partition coefficient (Wildman–Crippen LogP) is 6.19. The summed E-state index contributed by atoms with van der Waals surface area (Å²) in [6.07, 6.45) is 4.81. The molecule has 3 aliphatic rings. The highest BCUT2D eigenvalue weighted by atomic mass is 16.6. The number of imidazole rings is 1. The van der Waals surface area contributed by atoms with Gasteiger partial charge in [-0.15, -0.1) is 13.2 Å². The summed E-state index contributed by atoms with van der Waals surface area (Å²) < 4.78 is 13.2. The highest BCUT2D eigenvalue weighted by Gasteiger charge is 2.48. The van der Waals surface area contributed by atoms with Gasteiger partial charge in [0.2, 0.25) is 88.6 Å². The molecule has 39 nitrogen and oxygen atoms in total. The van der Waals surface area contributed by atoms with Crippen LogP contribution in [0.4, 0.5) is 0 Å². The molecule has 804 valence electrons. The first-order valence-corrected chi connectivity index (χ1v) is 51.4. The molecule has 6 heterocycles. The van der Waals surface area contributed by atoms with Crippen LogP contribution in [0.15, 0.2) is 190 Å². The Morgan fingerprint density at radius 2 is 0.860 bits per heavy atom. The molecule has 0 spiro atoms. The van der Waals surface area contributed by atoms with E-state index in [0.717, 1.165) is 16.7 Å². The number of aromatic amines is 2. The molecule has 150 heavy (non-hydrogen) atoms. The lowest BCUT2D eigenvalue weighted by molar-refractivity contribution is -0.157. The summed E-state index contributed by atoms with van der Waals surface area (Å²) in [5.41, 5.74) is 1.53. The Balaban J connectivity index is 0.985. The van der Waals surface area contributed by atoms with Gasteiger partial charge in [-0.1, -0.05) is 181 Å². The molecule has 39 heteroatoms. The average molecular weight is 2070 g/mol. The number of fused-ring (bicyclic) bond motifs is 4. The summed E-state index contributed by atoms with van der Waals surface area (Å²) in [4.78, 5) is 270. The van der Waals surface area contributed by atoms with Crippen molar-refractivity contribution in [1.29, 1.82) is 0 Å². The molecule has 15 amide bonds. The zero-order valence-electron chi connectivity index (χ0n) is 87.8. The monoisotopic (exact) mass is 2060 g/mol. The number of amides is 15. The second-order valence-electron chi connectivity index (χ2n) is 41.9. The Bertz CT molecular complexity index is 6050. The van der Waals surface area contributed by atoms with Crippen LogP contribution in [0, 0.1) is 17.8 Å². The topological polar surface area (TPSA) is 541 Å². The molecule has 3 saturated heterocycles. The summed E-state index contributed by atoms with van der Waals surface area (Å²) in [6.45, 7) is 29.1. The van der Waals surface area contributed by atoms with Crippen molar-refractivity contribution in [3.05, 3.63) is 223 Å². The van der Waals surface area contributed by atoms with Gasteiger partial charge >= 0.3 is 11.9 Å². The molecule has 5 aromatic carbocycles. The van der Waals surface area contributed by atoms with Gasteiger partial charge in [-0.2, -0.15) is 0 Å². The van der Waals surface area contributed by atoms with E-state index in [9.17, 15) is 24.3 Å². The van der Waals surface area contributed by atoms with Crippen molar-refractivity contribution in [3.8, 4) is 0 Å². The van der Waals surface area contributed by atoms with Crippen LogP contribution in [0.5, 0.6) is 0 Å². The van der Waals surface area contributed by atoms with E-state index in [4.69, 9.17) is 14.5 Å². The van der Waals surface area contributed by atoms with E-state index in [1.807, 2.05) is 95.6 Å². The van der Waals surface area contributed by atoms with Crippen molar-refractivity contribution in [2.75, 3.05) is 19.6 Å². The van der Waals surface area contributed by atoms with Gasteiger partial charge in [-0.25, -0.2) is 4.98 Å². The number of allylic oxidation sites excluding steroid dienone is 1. The lowest BCUT2D eigenvalue weighted by Crippen LogP contribution is -2.62. The second-order valence-corrected chi connectivity index (χ2v) is 41.9. The molecule has 15 atom stereocenters. The third-order valence-electron chi connectivity index (χ3n) is 26.4. The first-order valence-electron chi connectivity index (χ1n) is 51.4. The Labute approximate surface area is 873 Å². The highest BCUT2D eigenvalue weighted by molar-refractivity contribution is 6.03. The first kappa shape index (κ1) is 115. The number of ether oxygens (including phenoxy) is 2. The van der Waals surface area contributed by atoms with Crippen LogP contribution in [0.3, 0.4) is 0 Å². The maximum atomic E-state index is 16.2. The summed E-state index contributed by atoms with van der Waals surface area (Å²) in [5.74, 6) is -17.4. The SMILES string of the molecule is C=CCC[C@@H]1NC(=O)[C@H](CC(=O)OC(C)(C)C)NC(=O)[C@@H]2CCCN2C(=O)[C@H]2CCCN2C(=O)[C@H]([C@@H](C)O)NC(=O)[C@H](CC=C)NC(=O)[C@H](Cc2c[nH]c3ccccc23)NC(=O)[C@H](C(C)C)NC(=O)[C@H](CC(C)C)NC(=O)[C@H](CCC(=O)OC(C)(C)C)NC(=O)CNC(=O)[C@H](CC(C)C)NC(=O)[C@H](Cc2cncn2C(c2ccccc2)(c2ccccc2)c2ccccc2)NC(=O)[C@H](Cc2c[nH]c3ccccc23)NC(=O)[C@H](C)NC1=O. The number of nitrogens with zero attached hydrogens (tertiary/aromatic N) is 4. The maximum absolute atomic E-state index is 16.2. The van der Waals surface area contributed by atoms with Gasteiger partial charge in [0.15, 0.2) is 0 Å². The van der Waals surface area contributed by atoms with Crippen LogP contribution in [-0.2, 0) is 116 Å². The normalized spacial score (nSPS) is 23.3. The lowest BCUT2D eigenvalue weighted by atomic mass is 9.76. The summed E-state index contributed by atoms with van der Waals surface area (Å²) in [7, 11) is 0. The van der Waals surface area contributed by atoms with Gasteiger partial charge in [0.1, 0.15) is 101 Å². The van der Waals surface area contributed by atoms with E-state index in [0.29, 0.717) is 38.6 Å². The van der Waals surface area contributed by atoms with Crippen LogP contribution in [0.25, 0.3) is 21.8 Å². The number of aliphatic hydroxyl groups excluding tert-OH is 1. The van der Waals surface area contributed by atoms with Crippen LogP contribution in [-0.4, -0.2) is 256 Å². The summed E-state index contributed by atoms with van der Waals surface area (Å²) in [5, 5.41) is 48.3. The largest absolute Gasteiger partial charge is 0.460 e. The Hall–Kier alpha value is -15.2. The van der Waals surface area contributed by atoms with Crippen molar-refractivity contribution in [2.45, 2.75) is 301 Å². The van der Waals surface area contributed by atoms with E-state index in [1.165, 1.54) is 42.0 Å². The summed E-state index contributed by atoms with van der Waals surface area (Å²) in [6, 6.07) is 20.9. The smallest absolute Gasteiger partial charge is 0.308 e. The molecule has 3 aliphatic heterocycles. The van der Waals surface area contributed by atoms with Crippen molar-refractivity contribution >= 4 is 122 Å². The molecular weight excluding hydrogens is 1920 g/mol. The number of aromatic nitrogens is 4. The number of hydrogen-bond acceptors (Lipinski definition) is 21. The molecular formula is C111H145N19O20. The predicted molar refractivity (Wildman–Crippen MR) is 561 cm³/mol. The van der Waals surface area contributed by atoms with Crippen LogP contribution in [0.2, 0.25) is 0 Å². The van der Waals surface area contributed by atoms with Gasteiger partial charge in [0, 0.05) is 84.9 Å². The number of hydrogen-bond donors (Lipinski definition) is 16. The van der Waals surface area contributed by atoms with Crippen molar-refractivity contribution in [2.24, 2.45) is 17.8 Å². The van der Waals surface area contributed by atoms with Crippen molar-refractivity contribution in [3.63, 3.8) is 0 Å². The number of rotatable bonds is 26. The number of para-hydroxylation sites is 2. The maximum Gasteiger partial charge on any atom is 0.308 e. The Morgan fingerprint density at radius 3 is 1.37 bits per heavy atom. The first-order chi connectivity index (χ1) is 71.2. The van der Waals surface area contributed by atoms with Gasteiger partial charge in [0.05, 0.1) is 25.4 Å². The third kappa shape index (κ3) is 30.8. The van der Waals surface area contributed by atoms with Gasteiger partial charge in [-0.05, 0) is 177 Å². The van der Waals surface area contributed by atoms with Crippen LogP contribution < -0.4 is 69.1 Å². The highest BCUT2D eigenvalue weighted by Crippen LogP contribution is 2.42. The third-order valence-corrected chi connectivity index (χ3v) is 26.4. The quantitative estimate of drug-likeness (QED) is 0.0163. The summed E-state index contributed by atoms with van der Waals surface area (Å²) >= 11 is 0. The van der Waals surface area contributed by atoms with E-state index in [-0.39, 0.29) is 95.6 Å². The molecule has 3 fully saturated rings. The standard InChI is InChI=1S/C111H145N19O20/c1-17-19-44-80-97(137)116-67(9)95(135)120-84(55-69-59-113-77-45-31-29-42-75(69)77)101(141)123-86(57-74-61-112-63-130(74)111(71-36-23-20-24-37-71,72-38-25-21-26-39-72)73-40-27-22-28-41-73)102(142)121-82(53-64(3)4)96(136)115-62-90(132)117-81(49-50-91(133)149-109(11,12)13)98(138)122-83(54-65(5)6)104(144)126-93(66(7)8)106(146)125-85(56-70-60-114-78-46-32-30-43-76(70)78)100(140)118-79(35-18-2)99(139)127-94(68(10)131)108(148)129-52-34-48-89(129)107(147)128-51-33-47-88(128)105(145)124-87(103(143)119-80)58-92(134)150-110(14,15)16/h17-18,20-32,36-43,45-46,59-61,63-68,79-89,93-94,113-114,131H,1-2,19,33-35,44,47-58,62H2,3-16H3,(H,115,136)(H,116,137)(H,117,132)(H,118,140)(H,119,143)(H,120,135)(H,121,142)(H,122,138)(H,123,141)(H,124,145)(H,125,146)(H,126,144)(H,127,139)/t67-,68+,79-,80-,81-,82-,83-,84-,85-,86-,87-,88-,89+,93-,94-/m0/s1. The Kier molecular flexibility index (Phi) is 40.4. The number of carbonyl (C=O) groups is 17. The molecule has 8 aromatic rings. The van der Waals surface area contributed by atoms with Crippen molar-refractivity contribution in [1.82, 2.24) is 98.4 Å². The minimum Gasteiger partial charge on any atom is -0.460 e. The van der Waals surface area contributed by atoms with E-state index in [1.54, 1.807) is 150 Å². The fourth-order valence-corrected chi connectivity index (χ4v) is 19.1. The van der Waals surface area contributed by atoms with E-state index in [2.05, 4.69) is 92.2 Å². The Morgan fingerprint density at radius 1 is 0.440 bits per heavy atom. The number of benzene rings is 5. The number of nitrogens with one attached hydrogen (secondary N) is 15. The van der Waals surface area contributed by atoms with E-state index < -0.39 is 246 Å². The van der Waals surface area contributed by atoms with Gasteiger partial charge in [0.25, 0.3) is 0 Å². The van der Waals surface area contributed by atoms with Crippen LogP contribution >= 0.6 is 0 Å². The molecule has 0 bridgehead atoms. The molecule has 11 rings (SSSR count). The van der Waals surface area contributed by atoms with E-state index >= 15 is 62.3 Å². The molecule has 0 aliphatic carbocycles. The molecule has 16 N–H and O–H groups in total. The van der Waals surface area contributed by atoms with Crippen molar-refractivity contribution < 1.29 is 96.1 Å². The lowest BCUT2D eigenvalue weighted by Gasteiger charge is -2.39.